The molecule has 110 valence electrons. The van der Waals surface area contributed by atoms with Crippen molar-refractivity contribution < 1.29 is 38.5 Å². The van der Waals surface area contributed by atoms with Crippen LogP contribution in [0.5, 0.6) is 0 Å². The molecule has 0 aliphatic carbocycles. The van der Waals surface area contributed by atoms with E-state index in [0.717, 1.165) is 6.92 Å². The standard InChI is InChI=1S/C12H14O8/c1-6(2)9(15)18-12(5,19-10(16)7(3)4)20-11(17)8(13)14/h1,3H2,2,4-5H3,(H,13,14). The zero-order valence-electron chi connectivity index (χ0n) is 11.2. The van der Waals surface area contributed by atoms with Crippen LogP contribution in [0, 0.1) is 0 Å². The van der Waals surface area contributed by atoms with Crippen LogP contribution in [0.25, 0.3) is 0 Å². The van der Waals surface area contributed by atoms with Gasteiger partial charge >= 0.3 is 29.9 Å². The molecule has 8 heteroatoms. The molecule has 0 saturated heterocycles. The van der Waals surface area contributed by atoms with Crippen LogP contribution in [-0.2, 0) is 33.4 Å². The zero-order valence-corrected chi connectivity index (χ0v) is 11.2. The van der Waals surface area contributed by atoms with Gasteiger partial charge in [0, 0.05) is 11.1 Å². The fourth-order valence-electron chi connectivity index (χ4n) is 0.786. The summed E-state index contributed by atoms with van der Waals surface area (Å²) in [5.74, 6) is -8.34. The number of hydrogen-bond acceptors (Lipinski definition) is 7. The maximum Gasteiger partial charge on any atom is 0.423 e. The van der Waals surface area contributed by atoms with Crippen LogP contribution in [0.3, 0.4) is 0 Å². The summed E-state index contributed by atoms with van der Waals surface area (Å²) in [5.41, 5.74) is -0.150. The van der Waals surface area contributed by atoms with Gasteiger partial charge in [0.1, 0.15) is 0 Å². The van der Waals surface area contributed by atoms with E-state index in [0.29, 0.717) is 0 Å². The minimum Gasteiger partial charge on any atom is -0.473 e. The SMILES string of the molecule is C=C(C)C(=O)OC(C)(OC(=O)C(=C)C)OC(=O)C(=O)O. The molecular weight excluding hydrogens is 272 g/mol. The predicted octanol–water partition coefficient (Wildman–Crippen LogP) is 0.526. The molecule has 0 aromatic rings. The Hall–Kier alpha value is -2.64. The lowest BCUT2D eigenvalue weighted by molar-refractivity contribution is -0.316. The largest absolute Gasteiger partial charge is 0.473 e. The Bertz CT molecular complexity index is 418. The van der Waals surface area contributed by atoms with E-state index in [-0.39, 0.29) is 11.1 Å². The van der Waals surface area contributed by atoms with Gasteiger partial charge in [0.15, 0.2) is 0 Å². The lowest BCUT2D eigenvalue weighted by Gasteiger charge is -2.27. The molecule has 0 aliphatic rings. The average Bonchev–Trinajstić information content (AvgIpc) is 2.27. The summed E-state index contributed by atoms with van der Waals surface area (Å²) in [5, 5.41) is 8.44. The number of carbonyl (C=O) groups excluding carboxylic acids is 3. The average molecular weight is 286 g/mol. The highest BCUT2D eigenvalue weighted by atomic mass is 16.9. The Morgan fingerprint density at radius 1 is 0.850 bits per heavy atom. The summed E-state index contributed by atoms with van der Waals surface area (Å²) in [7, 11) is 0. The number of carboxylic acid groups (broad SMARTS) is 1. The van der Waals surface area contributed by atoms with E-state index < -0.39 is 29.9 Å². The Labute approximate surface area is 114 Å². The van der Waals surface area contributed by atoms with Crippen LogP contribution in [0.2, 0.25) is 0 Å². The van der Waals surface area contributed by atoms with Gasteiger partial charge in [0.2, 0.25) is 0 Å². The molecule has 0 heterocycles. The number of rotatable bonds is 5. The first-order valence-electron chi connectivity index (χ1n) is 5.22. The van der Waals surface area contributed by atoms with Gasteiger partial charge in [0.05, 0.1) is 6.92 Å². The molecule has 0 aliphatic heterocycles. The van der Waals surface area contributed by atoms with E-state index in [4.69, 9.17) is 5.11 Å². The third-order valence-electron chi connectivity index (χ3n) is 1.71. The van der Waals surface area contributed by atoms with Crippen LogP contribution in [-0.4, -0.2) is 35.0 Å². The Balaban J connectivity index is 5.21. The fraction of sp³-hybridized carbons (Fsp3) is 0.333. The number of carboxylic acids is 1. The summed E-state index contributed by atoms with van der Waals surface area (Å²) in [6, 6.07) is 0. The van der Waals surface area contributed by atoms with E-state index in [1.807, 2.05) is 0 Å². The van der Waals surface area contributed by atoms with Crippen molar-refractivity contribution in [1.82, 2.24) is 0 Å². The molecule has 0 unspecified atom stereocenters. The molecule has 0 rings (SSSR count). The van der Waals surface area contributed by atoms with Gasteiger partial charge in [-0.2, -0.15) is 0 Å². The molecule has 0 fully saturated rings. The molecule has 0 radical (unpaired) electrons. The molecule has 1 N–H and O–H groups in total. The highest BCUT2D eigenvalue weighted by molar-refractivity contribution is 6.28. The summed E-state index contributed by atoms with van der Waals surface area (Å²) in [6.07, 6.45) is 0. The molecule has 0 saturated carbocycles. The first kappa shape index (κ1) is 17.4. The van der Waals surface area contributed by atoms with Gasteiger partial charge in [-0.25, -0.2) is 19.2 Å². The van der Waals surface area contributed by atoms with Crippen molar-refractivity contribution in [3.8, 4) is 0 Å². The third kappa shape index (κ3) is 5.34. The summed E-state index contributed by atoms with van der Waals surface area (Å²) >= 11 is 0. The van der Waals surface area contributed by atoms with Crippen molar-refractivity contribution in [1.29, 1.82) is 0 Å². The van der Waals surface area contributed by atoms with Crippen LogP contribution in [0.1, 0.15) is 20.8 Å². The summed E-state index contributed by atoms with van der Waals surface area (Å²) < 4.78 is 13.6. The van der Waals surface area contributed by atoms with Crippen molar-refractivity contribution >= 4 is 23.9 Å². The number of hydrogen-bond donors (Lipinski definition) is 1. The number of esters is 3. The lowest BCUT2D eigenvalue weighted by atomic mass is 10.3. The second-order valence-electron chi connectivity index (χ2n) is 3.90. The monoisotopic (exact) mass is 286 g/mol. The topological polar surface area (TPSA) is 116 Å². The van der Waals surface area contributed by atoms with Crippen LogP contribution in [0.15, 0.2) is 24.3 Å². The van der Waals surface area contributed by atoms with E-state index >= 15 is 0 Å². The van der Waals surface area contributed by atoms with E-state index in [1.165, 1.54) is 13.8 Å². The smallest absolute Gasteiger partial charge is 0.423 e. The Morgan fingerprint density at radius 3 is 1.40 bits per heavy atom. The molecule has 0 aromatic heterocycles. The Morgan fingerprint density at radius 2 is 1.15 bits per heavy atom. The second-order valence-corrected chi connectivity index (χ2v) is 3.90. The van der Waals surface area contributed by atoms with Crippen molar-refractivity contribution in [2.75, 3.05) is 0 Å². The maximum absolute atomic E-state index is 11.4. The van der Waals surface area contributed by atoms with Gasteiger partial charge < -0.3 is 19.3 Å². The molecule has 0 bridgehead atoms. The number of carbonyl (C=O) groups is 4. The molecule has 0 aromatic carbocycles. The number of aliphatic carboxylic acids is 1. The molecule has 0 atom stereocenters. The van der Waals surface area contributed by atoms with Crippen molar-refractivity contribution in [2.24, 2.45) is 0 Å². The van der Waals surface area contributed by atoms with Crippen molar-refractivity contribution in [3.05, 3.63) is 24.3 Å². The first-order valence-corrected chi connectivity index (χ1v) is 5.22. The highest BCUT2D eigenvalue weighted by Gasteiger charge is 2.40. The highest BCUT2D eigenvalue weighted by Crippen LogP contribution is 2.19. The predicted molar refractivity (Wildman–Crippen MR) is 63.9 cm³/mol. The van der Waals surface area contributed by atoms with Crippen molar-refractivity contribution in [2.45, 2.75) is 26.7 Å². The quantitative estimate of drug-likeness (QED) is 0.336. The van der Waals surface area contributed by atoms with E-state index in [2.05, 4.69) is 27.4 Å². The molecule has 20 heavy (non-hydrogen) atoms. The van der Waals surface area contributed by atoms with Gasteiger partial charge in [-0.15, -0.1) is 0 Å². The van der Waals surface area contributed by atoms with E-state index in [9.17, 15) is 19.2 Å². The van der Waals surface area contributed by atoms with Crippen molar-refractivity contribution in [3.63, 3.8) is 0 Å². The van der Waals surface area contributed by atoms with Gasteiger partial charge in [-0.05, 0) is 13.8 Å². The molecule has 0 spiro atoms. The first-order chi connectivity index (χ1) is 8.98. The minimum atomic E-state index is -2.54. The van der Waals surface area contributed by atoms with Crippen LogP contribution >= 0.6 is 0 Å². The van der Waals surface area contributed by atoms with Crippen LogP contribution in [0.4, 0.5) is 0 Å². The number of ether oxygens (including phenoxy) is 3. The molecule has 0 amide bonds. The zero-order chi connectivity index (χ0) is 16.1. The lowest BCUT2D eigenvalue weighted by Crippen LogP contribution is -2.43. The summed E-state index contributed by atoms with van der Waals surface area (Å²) in [4.78, 5) is 44.2. The third-order valence-corrected chi connectivity index (χ3v) is 1.71. The van der Waals surface area contributed by atoms with Crippen LogP contribution < -0.4 is 0 Å². The van der Waals surface area contributed by atoms with Gasteiger partial charge in [-0.3, -0.25) is 0 Å². The molecule has 8 nitrogen and oxygen atoms in total. The maximum atomic E-state index is 11.4. The fourth-order valence-corrected chi connectivity index (χ4v) is 0.786. The normalized spacial score (nSPS) is 10.2. The van der Waals surface area contributed by atoms with E-state index in [1.54, 1.807) is 0 Å². The summed E-state index contributed by atoms with van der Waals surface area (Å²) in [6.45, 7) is 10.0. The Kier molecular flexibility index (Phi) is 5.65. The molecular formula is C12H14O8. The van der Waals surface area contributed by atoms with Gasteiger partial charge in [-0.1, -0.05) is 13.2 Å². The minimum absolute atomic E-state index is 0.0750. The van der Waals surface area contributed by atoms with Gasteiger partial charge in [0.25, 0.3) is 0 Å². The second kappa shape index (κ2) is 6.50.